The van der Waals surface area contributed by atoms with Gasteiger partial charge in [0, 0.05) is 12.8 Å². The van der Waals surface area contributed by atoms with Crippen LogP contribution in [0.3, 0.4) is 0 Å². The molecule has 0 fully saturated rings. The number of hydrogen-bond acceptors (Lipinski definition) is 7. The van der Waals surface area contributed by atoms with E-state index >= 15 is 0 Å². The van der Waals surface area contributed by atoms with E-state index in [0.717, 1.165) is 25.7 Å². The number of ether oxygens (including phenoxy) is 2. The van der Waals surface area contributed by atoms with Crippen molar-refractivity contribution in [3.05, 3.63) is 12.2 Å². The molecule has 0 aromatic heterocycles. The van der Waals surface area contributed by atoms with Crippen molar-refractivity contribution in [3.63, 3.8) is 0 Å². The fourth-order valence-electron chi connectivity index (χ4n) is 7.51. The fourth-order valence-corrected chi connectivity index (χ4v) is 8.25. The summed E-state index contributed by atoms with van der Waals surface area (Å²) in [5.41, 5.74) is 0. The second-order valence-electron chi connectivity index (χ2n) is 18.9. The zero-order valence-electron chi connectivity index (χ0n) is 40.9. The predicted molar refractivity (Wildman–Crippen MR) is 257 cm³/mol. The van der Waals surface area contributed by atoms with Gasteiger partial charge in [0.1, 0.15) is 19.8 Å². The standard InChI is InChI=1S/C51H100NO8P/c1-6-8-10-12-14-16-18-20-22-23-24-25-26-27-28-30-32-34-36-38-40-42-44-51(54)60-49(48-59-61(55,56)58-46-45-52(3,4)5)47-57-50(53)43-41-39-37-35-33-31-29-21-19-17-15-13-11-9-7-2/h37,39,49H,6-36,38,40-48H2,1-5H3/p+1/b39-37+/t49-/m1/s1. The Morgan fingerprint density at radius 3 is 1.28 bits per heavy atom. The highest BCUT2D eigenvalue weighted by atomic mass is 31.2. The third-order valence-electron chi connectivity index (χ3n) is 11.6. The largest absolute Gasteiger partial charge is 0.472 e. The second kappa shape index (κ2) is 44.0. The Labute approximate surface area is 377 Å². The molecule has 0 aliphatic carbocycles. The van der Waals surface area contributed by atoms with E-state index in [1.54, 1.807) is 0 Å². The molecule has 0 aliphatic heterocycles. The van der Waals surface area contributed by atoms with Crippen LogP contribution in [0.1, 0.15) is 251 Å². The molecule has 0 aliphatic rings. The van der Waals surface area contributed by atoms with E-state index in [1.165, 1.54) is 186 Å². The van der Waals surface area contributed by atoms with E-state index in [4.69, 9.17) is 18.5 Å². The van der Waals surface area contributed by atoms with Crippen molar-refractivity contribution >= 4 is 19.8 Å². The van der Waals surface area contributed by atoms with Crippen LogP contribution in [-0.4, -0.2) is 74.9 Å². The SMILES string of the molecule is CCCCCCCCCCCCC/C=C/CCC(=O)OC[C@H](COP(=O)(O)OCC[N+](C)(C)C)OC(=O)CCCCCCCCCCCCCCCCCCCCCCCC. The molecule has 0 bridgehead atoms. The van der Waals surface area contributed by atoms with Gasteiger partial charge in [0.15, 0.2) is 6.10 Å². The molecule has 0 aromatic rings. The van der Waals surface area contributed by atoms with Crippen molar-refractivity contribution in [1.29, 1.82) is 0 Å². The van der Waals surface area contributed by atoms with Crippen molar-refractivity contribution < 1.29 is 42.1 Å². The summed E-state index contributed by atoms with van der Waals surface area (Å²) in [6, 6.07) is 0. The Kier molecular flexibility index (Phi) is 43.1. The van der Waals surface area contributed by atoms with E-state index in [-0.39, 0.29) is 26.1 Å². The van der Waals surface area contributed by atoms with Gasteiger partial charge >= 0.3 is 19.8 Å². The highest BCUT2D eigenvalue weighted by molar-refractivity contribution is 7.47. The molecule has 0 rings (SSSR count). The van der Waals surface area contributed by atoms with Crippen molar-refractivity contribution in [3.8, 4) is 0 Å². The number of carbonyl (C=O) groups is 2. The summed E-state index contributed by atoms with van der Waals surface area (Å²) in [7, 11) is 1.48. The number of phosphoric ester groups is 1. The van der Waals surface area contributed by atoms with E-state index in [9.17, 15) is 19.0 Å². The molecule has 362 valence electrons. The van der Waals surface area contributed by atoms with Crippen LogP contribution in [-0.2, 0) is 32.7 Å². The second-order valence-corrected chi connectivity index (χ2v) is 20.4. The average molecular weight is 887 g/mol. The number of unbranched alkanes of at least 4 members (excludes halogenated alkanes) is 32. The van der Waals surface area contributed by atoms with E-state index < -0.39 is 32.5 Å². The summed E-state index contributed by atoms with van der Waals surface area (Å²) in [6.45, 7) is 4.43. The van der Waals surface area contributed by atoms with Gasteiger partial charge in [-0.25, -0.2) is 4.57 Å². The van der Waals surface area contributed by atoms with Gasteiger partial charge in [0.25, 0.3) is 0 Å². The number of rotatable bonds is 48. The third kappa shape index (κ3) is 48.1. The lowest BCUT2D eigenvalue weighted by Crippen LogP contribution is -2.37. The molecule has 0 saturated carbocycles. The highest BCUT2D eigenvalue weighted by Crippen LogP contribution is 2.43. The predicted octanol–water partition coefficient (Wildman–Crippen LogP) is 15.3. The summed E-state index contributed by atoms with van der Waals surface area (Å²) >= 11 is 0. The number of quaternary nitrogens is 1. The van der Waals surface area contributed by atoms with Gasteiger partial charge in [-0.2, -0.15) is 0 Å². The zero-order valence-corrected chi connectivity index (χ0v) is 41.8. The van der Waals surface area contributed by atoms with Crippen LogP contribution >= 0.6 is 7.82 Å². The van der Waals surface area contributed by atoms with Gasteiger partial charge in [0.2, 0.25) is 0 Å². The number of carbonyl (C=O) groups excluding carboxylic acids is 2. The van der Waals surface area contributed by atoms with E-state index in [1.807, 2.05) is 27.2 Å². The third-order valence-corrected chi connectivity index (χ3v) is 12.5. The number of likely N-dealkylation sites (N-methyl/N-ethyl adjacent to an activating group) is 1. The molecular weight excluding hydrogens is 786 g/mol. The molecule has 1 unspecified atom stereocenters. The number of esters is 2. The first-order valence-corrected chi connectivity index (χ1v) is 27.4. The minimum atomic E-state index is -4.38. The Morgan fingerprint density at radius 1 is 0.492 bits per heavy atom. The molecule has 10 heteroatoms. The summed E-state index contributed by atoms with van der Waals surface area (Å²) in [4.78, 5) is 35.5. The Balaban J connectivity index is 4.21. The summed E-state index contributed by atoms with van der Waals surface area (Å²) < 4.78 is 34.4. The number of hydrogen-bond donors (Lipinski definition) is 1. The topological polar surface area (TPSA) is 108 Å². The van der Waals surface area contributed by atoms with Gasteiger partial charge in [-0.1, -0.05) is 225 Å². The minimum Gasteiger partial charge on any atom is -0.462 e. The lowest BCUT2D eigenvalue weighted by Gasteiger charge is -2.24. The smallest absolute Gasteiger partial charge is 0.462 e. The lowest BCUT2D eigenvalue weighted by atomic mass is 10.0. The molecule has 0 spiro atoms. The summed E-state index contributed by atoms with van der Waals surface area (Å²) in [5, 5.41) is 0. The van der Waals surface area contributed by atoms with Crippen LogP contribution in [0.25, 0.3) is 0 Å². The van der Waals surface area contributed by atoms with Gasteiger partial charge in [-0.3, -0.25) is 18.6 Å². The monoisotopic (exact) mass is 887 g/mol. The van der Waals surface area contributed by atoms with E-state index in [2.05, 4.69) is 19.9 Å². The van der Waals surface area contributed by atoms with Crippen molar-refractivity contribution in [2.45, 2.75) is 258 Å². The first-order valence-electron chi connectivity index (χ1n) is 25.9. The molecule has 0 aromatic carbocycles. The maximum Gasteiger partial charge on any atom is 0.472 e. The number of nitrogens with zero attached hydrogens (tertiary/aromatic N) is 1. The van der Waals surface area contributed by atoms with Crippen LogP contribution in [0, 0.1) is 0 Å². The summed E-state index contributed by atoms with van der Waals surface area (Å²) in [6.07, 6.45) is 48.5. The molecule has 0 saturated heterocycles. The molecule has 61 heavy (non-hydrogen) atoms. The van der Waals surface area contributed by atoms with Gasteiger partial charge in [-0.15, -0.1) is 0 Å². The van der Waals surface area contributed by atoms with Crippen LogP contribution in [0.4, 0.5) is 0 Å². The van der Waals surface area contributed by atoms with Gasteiger partial charge < -0.3 is 18.9 Å². The summed E-state index contributed by atoms with van der Waals surface area (Å²) in [5.74, 6) is -0.840. The zero-order chi connectivity index (χ0) is 45.0. The minimum absolute atomic E-state index is 0.0308. The number of allylic oxidation sites excluding steroid dienone is 2. The van der Waals surface area contributed by atoms with Crippen molar-refractivity contribution in [2.75, 3.05) is 47.5 Å². The first kappa shape index (κ1) is 59.8. The molecular formula is C51H101NO8P+. The van der Waals surface area contributed by atoms with Crippen LogP contribution in [0.2, 0.25) is 0 Å². The molecule has 0 heterocycles. The Morgan fingerprint density at radius 2 is 0.869 bits per heavy atom. The Bertz CT molecular complexity index is 1050. The molecule has 2 atom stereocenters. The molecule has 0 amide bonds. The molecule has 9 nitrogen and oxygen atoms in total. The highest BCUT2D eigenvalue weighted by Gasteiger charge is 2.27. The molecule has 1 N–H and O–H groups in total. The average Bonchev–Trinajstić information content (AvgIpc) is 3.21. The van der Waals surface area contributed by atoms with Crippen LogP contribution in [0.15, 0.2) is 12.2 Å². The van der Waals surface area contributed by atoms with Crippen molar-refractivity contribution in [2.24, 2.45) is 0 Å². The van der Waals surface area contributed by atoms with E-state index in [0.29, 0.717) is 23.9 Å². The number of phosphoric acid groups is 1. The van der Waals surface area contributed by atoms with Crippen LogP contribution < -0.4 is 0 Å². The Hall–Kier alpha value is -1.25. The molecule has 0 radical (unpaired) electrons. The van der Waals surface area contributed by atoms with Gasteiger partial charge in [-0.05, 0) is 25.7 Å². The fraction of sp³-hybridized carbons (Fsp3) is 0.922. The normalized spacial score (nSPS) is 13.5. The first-order chi connectivity index (χ1) is 29.5. The quantitative estimate of drug-likeness (QED) is 0.0212. The van der Waals surface area contributed by atoms with Gasteiger partial charge in [0.05, 0.1) is 27.7 Å². The lowest BCUT2D eigenvalue weighted by molar-refractivity contribution is -0.870. The maximum absolute atomic E-state index is 12.8. The van der Waals surface area contributed by atoms with Crippen molar-refractivity contribution in [1.82, 2.24) is 0 Å². The van der Waals surface area contributed by atoms with Crippen LogP contribution in [0.5, 0.6) is 0 Å². The maximum atomic E-state index is 12.8.